The molecule has 0 spiro atoms. The Labute approximate surface area is 394 Å². The second kappa shape index (κ2) is 49.7. The number of nitrogens with two attached hydrogens (primary N) is 2. The van der Waals surface area contributed by atoms with Crippen LogP contribution in [0, 0.1) is 0 Å². The molecule has 10 heteroatoms. The fourth-order valence-electron chi connectivity index (χ4n) is 7.87. The van der Waals surface area contributed by atoms with Crippen LogP contribution in [-0.2, 0) is 19.2 Å². The van der Waals surface area contributed by atoms with E-state index in [9.17, 15) is 19.2 Å². The van der Waals surface area contributed by atoms with Crippen molar-refractivity contribution in [2.45, 2.75) is 270 Å². The molecule has 0 saturated heterocycles. The molecule has 2 unspecified atom stereocenters. The van der Waals surface area contributed by atoms with Crippen LogP contribution in [0.2, 0.25) is 0 Å². The van der Waals surface area contributed by atoms with Crippen molar-refractivity contribution in [2.24, 2.45) is 11.5 Å². The second-order valence-corrected chi connectivity index (χ2v) is 18.6. The number of nitrogens with one attached hydrogen (secondary N) is 4. The molecule has 64 heavy (non-hydrogen) atoms. The van der Waals surface area contributed by atoms with Crippen LogP contribution < -0.4 is 32.7 Å². The summed E-state index contributed by atoms with van der Waals surface area (Å²) in [5.74, 6) is -0.193. The average molecular weight is 901 g/mol. The molecule has 10 nitrogen and oxygen atoms in total. The summed E-state index contributed by atoms with van der Waals surface area (Å²) in [6.07, 6.45) is 51.3. The Kier molecular flexibility index (Phi) is 47.6. The first-order chi connectivity index (χ1) is 31.3. The lowest BCUT2D eigenvalue weighted by Gasteiger charge is -2.12. The van der Waals surface area contributed by atoms with E-state index in [-0.39, 0.29) is 23.6 Å². The highest BCUT2D eigenvalue weighted by Gasteiger charge is 2.13. The Morgan fingerprint density at radius 2 is 0.609 bits per heavy atom. The van der Waals surface area contributed by atoms with Gasteiger partial charge in [0.15, 0.2) is 0 Å². The predicted molar refractivity (Wildman–Crippen MR) is 273 cm³/mol. The Morgan fingerprint density at radius 1 is 0.344 bits per heavy atom. The van der Waals surface area contributed by atoms with Crippen LogP contribution in [0.3, 0.4) is 0 Å². The zero-order valence-electron chi connectivity index (χ0n) is 42.0. The normalized spacial score (nSPS) is 12.5. The molecular weight excluding hydrogens is 797 g/mol. The van der Waals surface area contributed by atoms with Gasteiger partial charge in [0.1, 0.15) is 0 Å². The molecule has 374 valence electrons. The minimum absolute atomic E-state index is 0.0125. The Morgan fingerprint density at radius 3 is 0.938 bits per heavy atom. The summed E-state index contributed by atoms with van der Waals surface area (Å²) in [5.41, 5.74) is 12.2. The predicted octanol–water partition coefficient (Wildman–Crippen LogP) is 12.1. The third-order valence-corrected chi connectivity index (χ3v) is 12.2. The van der Waals surface area contributed by atoms with Gasteiger partial charge in [-0.15, -0.1) is 0 Å². The monoisotopic (exact) mass is 901 g/mol. The standard InChI is InChI=1S/C54H104N6O4/c1-3-5-7-9-11-13-15-17-19-21-23-25-27-29-31-37-47-59-53(63)49(55)41-35-39-45-57-51(61)43-33-34-44-52(62)58-46-40-36-42-50(56)54(64)60-48-38-32-30-28-26-24-22-20-18-16-14-12-10-8-6-4-2/h17-20,49-50H,3-16,21-48,55-56H2,1-2H3,(H,57,61)(H,58,62)(H,59,63)(H,60,64). The lowest BCUT2D eigenvalue weighted by molar-refractivity contribution is -0.123. The number of unbranched alkanes of at least 4 members (excludes halogenated alkanes) is 27. The molecule has 0 fully saturated rings. The largest absolute Gasteiger partial charge is 0.356 e. The highest BCUT2D eigenvalue weighted by molar-refractivity contribution is 5.81. The maximum atomic E-state index is 12.4. The number of hydrogen-bond donors (Lipinski definition) is 6. The van der Waals surface area contributed by atoms with Gasteiger partial charge in [-0.3, -0.25) is 19.2 Å². The van der Waals surface area contributed by atoms with Crippen molar-refractivity contribution >= 4 is 23.6 Å². The quantitative estimate of drug-likeness (QED) is 0.0262. The van der Waals surface area contributed by atoms with Gasteiger partial charge in [-0.1, -0.05) is 154 Å². The Bertz CT molecular complexity index is 1050. The number of carbonyl (C=O) groups is 4. The fraction of sp³-hybridized carbons (Fsp3) is 0.852. The Balaban J connectivity index is 3.56. The van der Waals surface area contributed by atoms with E-state index in [0.29, 0.717) is 64.7 Å². The molecule has 0 heterocycles. The van der Waals surface area contributed by atoms with Crippen molar-refractivity contribution < 1.29 is 19.2 Å². The number of allylic oxidation sites excluding steroid dienone is 4. The highest BCUT2D eigenvalue weighted by Crippen LogP contribution is 2.12. The molecular formula is C54H104N6O4. The van der Waals surface area contributed by atoms with Gasteiger partial charge >= 0.3 is 0 Å². The third kappa shape index (κ3) is 45.8. The number of hydrogen-bond acceptors (Lipinski definition) is 6. The SMILES string of the molecule is CCCCCCCCC=CCCCCCCCCNC(=O)C(N)CCCCNC(=O)CCCCC(=O)NCCCCC(N)C(=O)NCCCCCCCCC=CCCCCCCCC. The molecule has 0 radical (unpaired) electrons. The zero-order chi connectivity index (χ0) is 46.8. The number of amides is 4. The van der Waals surface area contributed by atoms with Crippen LogP contribution in [0.5, 0.6) is 0 Å². The molecule has 0 aromatic carbocycles. The maximum absolute atomic E-state index is 12.4. The topological polar surface area (TPSA) is 168 Å². The van der Waals surface area contributed by atoms with Crippen LogP contribution >= 0.6 is 0 Å². The molecule has 8 N–H and O–H groups in total. The van der Waals surface area contributed by atoms with Crippen LogP contribution in [0.25, 0.3) is 0 Å². The van der Waals surface area contributed by atoms with E-state index in [1.807, 2.05) is 0 Å². The minimum atomic E-state index is -0.512. The smallest absolute Gasteiger partial charge is 0.236 e. The Hall–Kier alpha value is -2.72. The van der Waals surface area contributed by atoms with Gasteiger partial charge in [0.2, 0.25) is 23.6 Å². The molecule has 0 aliphatic rings. The van der Waals surface area contributed by atoms with E-state index in [4.69, 9.17) is 11.5 Å². The van der Waals surface area contributed by atoms with E-state index in [1.54, 1.807) is 0 Å². The van der Waals surface area contributed by atoms with Crippen molar-refractivity contribution in [3.8, 4) is 0 Å². The molecule has 4 amide bonds. The molecule has 0 aromatic heterocycles. The van der Waals surface area contributed by atoms with Gasteiger partial charge in [0.25, 0.3) is 0 Å². The summed E-state index contributed by atoms with van der Waals surface area (Å²) >= 11 is 0. The molecule has 0 aliphatic carbocycles. The van der Waals surface area contributed by atoms with Crippen LogP contribution in [0.1, 0.15) is 258 Å². The van der Waals surface area contributed by atoms with Gasteiger partial charge in [-0.2, -0.15) is 0 Å². The van der Waals surface area contributed by atoms with Crippen molar-refractivity contribution in [2.75, 3.05) is 26.2 Å². The van der Waals surface area contributed by atoms with Crippen molar-refractivity contribution in [1.29, 1.82) is 0 Å². The molecule has 2 atom stereocenters. The average Bonchev–Trinajstić information content (AvgIpc) is 3.29. The van der Waals surface area contributed by atoms with Crippen molar-refractivity contribution in [3.05, 3.63) is 24.3 Å². The number of rotatable bonds is 49. The summed E-state index contributed by atoms with van der Waals surface area (Å²) in [7, 11) is 0. The maximum Gasteiger partial charge on any atom is 0.236 e. The van der Waals surface area contributed by atoms with Crippen molar-refractivity contribution in [1.82, 2.24) is 21.3 Å². The summed E-state index contributed by atoms with van der Waals surface area (Å²) in [6.45, 7) is 7.02. The van der Waals surface area contributed by atoms with E-state index >= 15 is 0 Å². The summed E-state index contributed by atoms with van der Waals surface area (Å²) in [4.78, 5) is 49.2. The van der Waals surface area contributed by atoms with Gasteiger partial charge in [-0.05, 0) is 116 Å². The fourth-order valence-corrected chi connectivity index (χ4v) is 7.87. The molecule has 0 bridgehead atoms. The number of carbonyl (C=O) groups excluding carboxylic acids is 4. The first kappa shape index (κ1) is 61.3. The third-order valence-electron chi connectivity index (χ3n) is 12.2. The van der Waals surface area contributed by atoms with E-state index in [2.05, 4.69) is 59.4 Å². The van der Waals surface area contributed by atoms with Gasteiger partial charge in [0, 0.05) is 39.0 Å². The lowest BCUT2D eigenvalue weighted by Crippen LogP contribution is -2.41. The second-order valence-electron chi connectivity index (χ2n) is 18.6. The first-order valence-corrected chi connectivity index (χ1v) is 27.2. The molecule has 0 aromatic rings. The van der Waals surface area contributed by atoms with Gasteiger partial charge in [0.05, 0.1) is 12.1 Å². The van der Waals surface area contributed by atoms with Crippen molar-refractivity contribution in [3.63, 3.8) is 0 Å². The summed E-state index contributed by atoms with van der Waals surface area (Å²) in [5, 5.41) is 11.8. The van der Waals surface area contributed by atoms with Crippen LogP contribution in [0.4, 0.5) is 0 Å². The lowest BCUT2D eigenvalue weighted by atomic mass is 10.1. The summed E-state index contributed by atoms with van der Waals surface area (Å²) in [6, 6.07) is -1.02. The minimum Gasteiger partial charge on any atom is -0.356 e. The van der Waals surface area contributed by atoms with Gasteiger partial charge < -0.3 is 32.7 Å². The van der Waals surface area contributed by atoms with E-state index < -0.39 is 12.1 Å². The zero-order valence-corrected chi connectivity index (χ0v) is 42.0. The first-order valence-electron chi connectivity index (χ1n) is 27.2. The van der Waals surface area contributed by atoms with E-state index in [0.717, 1.165) is 51.4 Å². The van der Waals surface area contributed by atoms with Gasteiger partial charge in [-0.25, -0.2) is 0 Å². The molecule has 0 saturated carbocycles. The van der Waals surface area contributed by atoms with Crippen LogP contribution in [-0.4, -0.2) is 61.9 Å². The van der Waals surface area contributed by atoms with Crippen LogP contribution in [0.15, 0.2) is 24.3 Å². The molecule has 0 rings (SSSR count). The highest BCUT2D eigenvalue weighted by atomic mass is 16.2. The van der Waals surface area contributed by atoms with E-state index in [1.165, 1.54) is 154 Å². The summed E-state index contributed by atoms with van der Waals surface area (Å²) < 4.78 is 0. The molecule has 0 aliphatic heterocycles.